The molecular weight excluding hydrogens is 521 g/mol. The lowest BCUT2D eigenvalue weighted by atomic mass is 10.5. The molecule has 0 fully saturated rings. The van der Waals surface area contributed by atoms with Gasteiger partial charge in [0.25, 0.3) is 0 Å². The van der Waals surface area contributed by atoms with Crippen LogP contribution in [0.4, 0.5) is 0 Å². The third kappa shape index (κ3) is 15.9. The summed E-state index contributed by atoms with van der Waals surface area (Å²) in [6, 6.07) is 2.22. The second-order valence-electron chi connectivity index (χ2n) is 12.6. The van der Waals surface area contributed by atoms with Gasteiger partial charge >= 0.3 is 17.1 Å². The minimum absolute atomic E-state index is 0.725. The standard InChI is InChI=1S/C26H62O4SSi4/c1-13-19-27-34(11,28-20-14-2)23-17-25(32(5,6)7)31-26(33(8,9)10)18-24-35(12,29-21-15-3)30-22-16-4/h25-26H,13-24H2,1-12H3. The normalized spacial score (nSPS) is 15.4. The fourth-order valence-corrected chi connectivity index (χ4v) is 17.5. The minimum Gasteiger partial charge on any atom is -0.394 e. The summed E-state index contributed by atoms with van der Waals surface area (Å²) in [6.07, 6.45) is 6.70. The van der Waals surface area contributed by atoms with Crippen LogP contribution in [0.1, 0.15) is 66.2 Å². The lowest BCUT2D eigenvalue weighted by Gasteiger charge is -2.39. The summed E-state index contributed by atoms with van der Waals surface area (Å²) < 4.78 is 25.5. The predicted molar refractivity (Wildman–Crippen MR) is 169 cm³/mol. The molecular formula is C26H62O4SSi4. The van der Waals surface area contributed by atoms with E-state index in [1.54, 1.807) is 0 Å². The molecule has 0 aromatic rings. The van der Waals surface area contributed by atoms with Crippen molar-refractivity contribution >= 4 is 45.0 Å². The molecule has 0 aliphatic heterocycles. The summed E-state index contributed by atoms with van der Waals surface area (Å²) in [7, 11) is -6.97. The molecule has 9 heteroatoms. The second-order valence-corrected chi connectivity index (χ2v) is 32.4. The molecule has 35 heavy (non-hydrogen) atoms. The van der Waals surface area contributed by atoms with Crippen molar-refractivity contribution in [2.75, 3.05) is 26.4 Å². The van der Waals surface area contributed by atoms with Crippen molar-refractivity contribution < 1.29 is 17.7 Å². The number of hydrogen-bond acceptors (Lipinski definition) is 5. The highest BCUT2D eigenvalue weighted by atomic mass is 32.2. The maximum atomic E-state index is 6.39. The molecule has 0 saturated heterocycles. The van der Waals surface area contributed by atoms with Crippen molar-refractivity contribution in [2.45, 2.75) is 140 Å². The first kappa shape index (κ1) is 36.1. The Kier molecular flexibility index (Phi) is 18.1. The molecule has 0 radical (unpaired) electrons. The van der Waals surface area contributed by atoms with E-state index in [0.717, 1.165) is 73.9 Å². The van der Waals surface area contributed by atoms with Crippen LogP contribution >= 0.6 is 11.8 Å². The lowest BCUT2D eigenvalue weighted by molar-refractivity contribution is 0.172. The Labute approximate surface area is 228 Å². The highest BCUT2D eigenvalue weighted by Crippen LogP contribution is 2.38. The van der Waals surface area contributed by atoms with Crippen LogP contribution in [0.2, 0.25) is 64.5 Å². The first-order chi connectivity index (χ1) is 16.2. The molecule has 0 spiro atoms. The topological polar surface area (TPSA) is 36.9 Å². The van der Waals surface area contributed by atoms with E-state index < -0.39 is 33.3 Å². The first-order valence-corrected chi connectivity index (χ1v) is 27.5. The van der Waals surface area contributed by atoms with Gasteiger partial charge in [0.2, 0.25) is 0 Å². The Bertz CT molecular complexity index is 478. The van der Waals surface area contributed by atoms with E-state index >= 15 is 0 Å². The second kappa shape index (κ2) is 17.6. The minimum atomic E-state index is -2.12. The van der Waals surface area contributed by atoms with Crippen LogP contribution < -0.4 is 0 Å². The highest BCUT2D eigenvalue weighted by molar-refractivity contribution is 8.03. The van der Waals surface area contributed by atoms with E-state index in [0.29, 0.717) is 0 Å². The molecule has 0 rings (SSSR count). The van der Waals surface area contributed by atoms with Gasteiger partial charge in [0, 0.05) is 26.4 Å². The molecule has 2 unspecified atom stereocenters. The van der Waals surface area contributed by atoms with Gasteiger partial charge in [-0.3, -0.25) is 0 Å². The number of rotatable bonds is 22. The van der Waals surface area contributed by atoms with Crippen molar-refractivity contribution in [3.05, 3.63) is 0 Å². The van der Waals surface area contributed by atoms with Crippen LogP contribution in [-0.2, 0) is 17.7 Å². The van der Waals surface area contributed by atoms with E-state index in [4.69, 9.17) is 17.7 Å². The molecule has 0 aliphatic rings. The summed E-state index contributed by atoms with van der Waals surface area (Å²) in [4.78, 5) is 1.45. The fraction of sp³-hybridized carbons (Fsp3) is 1.00. The van der Waals surface area contributed by atoms with Gasteiger partial charge < -0.3 is 17.7 Å². The van der Waals surface area contributed by atoms with Crippen molar-refractivity contribution in [3.63, 3.8) is 0 Å². The lowest BCUT2D eigenvalue weighted by Crippen LogP contribution is -2.47. The van der Waals surface area contributed by atoms with E-state index in [9.17, 15) is 0 Å². The Morgan fingerprint density at radius 3 is 0.943 bits per heavy atom. The van der Waals surface area contributed by atoms with Crippen molar-refractivity contribution in [1.29, 1.82) is 0 Å². The predicted octanol–water partition coefficient (Wildman–Crippen LogP) is 8.84. The summed E-state index contributed by atoms with van der Waals surface area (Å²) in [5.41, 5.74) is 0. The quantitative estimate of drug-likeness (QED) is 0.119. The van der Waals surface area contributed by atoms with Gasteiger partial charge in [-0.1, -0.05) is 67.0 Å². The van der Waals surface area contributed by atoms with Gasteiger partial charge in [-0.2, -0.15) is 11.8 Å². The molecule has 0 heterocycles. The first-order valence-electron chi connectivity index (χ1n) is 14.4. The van der Waals surface area contributed by atoms with Crippen LogP contribution in [0, 0.1) is 0 Å². The molecule has 0 amide bonds. The van der Waals surface area contributed by atoms with Gasteiger partial charge in [-0.15, -0.1) is 0 Å². The Morgan fingerprint density at radius 2 is 0.743 bits per heavy atom. The average Bonchev–Trinajstić information content (AvgIpc) is 2.76. The number of hydrogen-bond donors (Lipinski definition) is 0. The van der Waals surface area contributed by atoms with Crippen molar-refractivity contribution in [3.8, 4) is 0 Å². The molecule has 0 N–H and O–H groups in total. The van der Waals surface area contributed by atoms with Gasteiger partial charge in [-0.05, 0) is 73.5 Å². The molecule has 2 atom stereocenters. The zero-order chi connectivity index (χ0) is 27.2. The van der Waals surface area contributed by atoms with E-state index in [1.165, 1.54) is 12.8 Å². The maximum absolute atomic E-state index is 6.39. The third-order valence-corrected chi connectivity index (χ3v) is 22.7. The molecule has 0 aromatic carbocycles. The maximum Gasteiger partial charge on any atom is 0.334 e. The smallest absolute Gasteiger partial charge is 0.334 e. The third-order valence-electron chi connectivity index (χ3n) is 6.43. The largest absolute Gasteiger partial charge is 0.394 e. The molecule has 0 saturated carbocycles. The number of thioether (sulfide) groups is 1. The Morgan fingerprint density at radius 1 is 0.486 bits per heavy atom. The van der Waals surface area contributed by atoms with Crippen LogP contribution in [0.5, 0.6) is 0 Å². The molecule has 0 bridgehead atoms. The van der Waals surface area contributed by atoms with E-state index in [-0.39, 0.29) is 0 Å². The van der Waals surface area contributed by atoms with E-state index in [1.807, 2.05) is 0 Å². The zero-order valence-corrected chi connectivity index (χ0v) is 30.5. The van der Waals surface area contributed by atoms with Crippen molar-refractivity contribution in [2.24, 2.45) is 0 Å². The van der Waals surface area contributed by atoms with Crippen LogP contribution in [0.3, 0.4) is 0 Å². The summed E-state index contributed by atoms with van der Waals surface area (Å²) in [5.74, 6) is 0. The zero-order valence-electron chi connectivity index (χ0n) is 25.7. The summed E-state index contributed by atoms with van der Waals surface area (Å²) in [5, 5.41) is 0. The molecule has 4 nitrogen and oxygen atoms in total. The average molecular weight is 583 g/mol. The van der Waals surface area contributed by atoms with Gasteiger partial charge in [0.05, 0.1) is 16.1 Å². The molecule has 212 valence electrons. The Hall–Kier alpha value is 1.06. The SMILES string of the molecule is CCCO[Si](C)(CCC(SC(CC[Si](C)(OCCC)OCCC)[Si](C)(C)C)[Si](C)(C)C)OCCC. The van der Waals surface area contributed by atoms with Crippen molar-refractivity contribution in [1.82, 2.24) is 0 Å². The van der Waals surface area contributed by atoms with Crippen LogP contribution in [0.15, 0.2) is 0 Å². The summed E-state index contributed by atoms with van der Waals surface area (Å²) in [6.45, 7) is 32.0. The van der Waals surface area contributed by atoms with Gasteiger partial charge in [0.15, 0.2) is 0 Å². The van der Waals surface area contributed by atoms with Crippen LogP contribution in [-0.4, -0.2) is 69.4 Å². The van der Waals surface area contributed by atoms with E-state index in [2.05, 4.69) is 91.8 Å². The summed E-state index contributed by atoms with van der Waals surface area (Å²) >= 11 is 2.33. The van der Waals surface area contributed by atoms with Crippen LogP contribution in [0.25, 0.3) is 0 Å². The van der Waals surface area contributed by atoms with Gasteiger partial charge in [-0.25, -0.2) is 0 Å². The Balaban J connectivity index is 5.53. The molecule has 0 aromatic heterocycles. The monoisotopic (exact) mass is 582 g/mol. The molecule has 0 aliphatic carbocycles. The highest BCUT2D eigenvalue weighted by Gasteiger charge is 2.40. The van der Waals surface area contributed by atoms with Gasteiger partial charge in [0.1, 0.15) is 0 Å². The fourth-order valence-electron chi connectivity index (χ4n) is 4.04.